The molecule has 1 fully saturated rings. The van der Waals surface area contributed by atoms with E-state index in [1.165, 1.54) is 0 Å². The van der Waals surface area contributed by atoms with E-state index in [0.29, 0.717) is 0 Å². The van der Waals surface area contributed by atoms with Crippen LogP contribution < -0.4 is 0 Å². The maximum atomic E-state index is 11.6. The van der Waals surface area contributed by atoms with E-state index in [9.17, 15) is 4.79 Å². The number of carbonyl (C=O) groups is 1. The standard InChI is InChI=1S/C10H20N2O2.ClH/c1-10(2,3)14-9(13)12-7-5-11(4)6-8-12;/h5-8H2,1-4H3;1H. The van der Waals surface area contributed by atoms with Crippen LogP contribution in [0.25, 0.3) is 0 Å². The number of carbonyl (C=O) groups excluding carboxylic acids is 1. The molecule has 0 radical (unpaired) electrons. The second-order valence-electron chi connectivity index (χ2n) is 4.77. The minimum absolute atomic E-state index is 0. The third-order valence-corrected chi connectivity index (χ3v) is 2.15. The van der Waals surface area contributed by atoms with Gasteiger partial charge in [0.25, 0.3) is 0 Å². The molecule has 1 saturated heterocycles. The van der Waals surface area contributed by atoms with E-state index in [0.717, 1.165) is 26.2 Å². The van der Waals surface area contributed by atoms with Crippen molar-refractivity contribution in [3.63, 3.8) is 0 Å². The van der Waals surface area contributed by atoms with Crippen LogP contribution in [0, 0.1) is 0 Å². The number of likely N-dealkylation sites (N-methyl/N-ethyl adjacent to an activating group) is 1. The van der Waals surface area contributed by atoms with E-state index >= 15 is 0 Å². The topological polar surface area (TPSA) is 32.8 Å². The number of nitrogens with zero attached hydrogens (tertiary/aromatic N) is 2. The van der Waals surface area contributed by atoms with Crippen molar-refractivity contribution < 1.29 is 9.53 Å². The van der Waals surface area contributed by atoms with E-state index in [1.54, 1.807) is 4.90 Å². The lowest BCUT2D eigenvalue weighted by Crippen LogP contribution is -2.48. The zero-order chi connectivity index (χ0) is 10.8. The lowest BCUT2D eigenvalue weighted by molar-refractivity contribution is 0.0164. The molecule has 0 spiro atoms. The van der Waals surface area contributed by atoms with Crippen molar-refractivity contribution in [3.05, 3.63) is 0 Å². The van der Waals surface area contributed by atoms with Gasteiger partial charge in [-0.15, -0.1) is 12.4 Å². The van der Waals surface area contributed by atoms with Gasteiger partial charge < -0.3 is 14.5 Å². The van der Waals surface area contributed by atoms with E-state index in [2.05, 4.69) is 11.9 Å². The van der Waals surface area contributed by atoms with Crippen LogP contribution in [-0.4, -0.2) is 54.7 Å². The first-order chi connectivity index (χ1) is 6.38. The maximum absolute atomic E-state index is 11.6. The molecule has 0 saturated carbocycles. The highest BCUT2D eigenvalue weighted by molar-refractivity contribution is 5.85. The number of hydrogen-bond donors (Lipinski definition) is 0. The van der Waals surface area contributed by atoms with E-state index < -0.39 is 0 Å². The first kappa shape index (κ1) is 14.5. The fraction of sp³-hybridized carbons (Fsp3) is 0.900. The SMILES string of the molecule is CN1CCN(C(=O)OC(C)(C)C)CC1.Cl. The van der Waals surface area contributed by atoms with Gasteiger partial charge in [-0.3, -0.25) is 0 Å². The summed E-state index contributed by atoms with van der Waals surface area (Å²) in [6.45, 7) is 9.07. The smallest absolute Gasteiger partial charge is 0.410 e. The van der Waals surface area contributed by atoms with Gasteiger partial charge >= 0.3 is 6.09 Å². The number of amides is 1. The largest absolute Gasteiger partial charge is 0.444 e. The number of rotatable bonds is 0. The summed E-state index contributed by atoms with van der Waals surface area (Å²) in [7, 11) is 2.06. The molecule has 1 heterocycles. The molecule has 0 aromatic rings. The Morgan fingerprint density at radius 3 is 2.00 bits per heavy atom. The Bertz CT molecular complexity index is 208. The second kappa shape index (κ2) is 5.56. The van der Waals surface area contributed by atoms with Crippen LogP contribution in [0.4, 0.5) is 4.79 Å². The van der Waals surface area contributed by atoms with Crippen LogP contribution in [0.1, 0.15) is 20.8 Å². The fourth-order valence-electron chi connectivity index (χ4n) is 1.32. The molecule has 0 aromatic carbocycles. The van der Waals surface area contributed by atoms with Crippen LogP contribution in [0.3, 0.4) is 0 Å². The van der Waals surface area contributed by atoms with Crippen molar-refractivity contribution in [2.24, 2.45) is 0 Å². The highest BCUT2D eigenvalue weighted by Crippen LogP contribution is 2.11. The van der Waals surface area contributed by atoms with Gasteiger partial charge in [-0.1, -0.05) is 0 Å². The van der Waals surface area contributed by atoms with Gasteiger partial charge in [0.05, 0.1) is 0 Å². The van der Waals surface area contributed by atoms with Gasteiger partial charge in [-0.2, -0.15) is 0 Å². The molecular weight excluding hydrogens is 216 g/mol. The zero-order valence-corrected chi connectivity index (χ0v) is 10.8. The molecule has 0 aromatic heterocycles. The first-order valence-corrected chi connectivity index (χ1v) is 5.05. The zero-order valence-electron chi connectivity index (χ0n) is 9.95. The Hall–Kier alpha value is -0.480. The molecule has 90 valence electrons. The fourth-order valence-corrected chi connectivity index (χ4v) is 1.32. The molecule has 5 heteroatoms. The Morgan fingerprint density at radius 2 is 1.60 bits per heavy atom. The summed E-state index contributed by atoms with van der Waals surface area (Å²) in [5.74, 6) is 0. The van der Waals surface area contributed by atoms with E-state index in [4.69, 9.17) is 4.74 Å². The Labute approximate surface area is 98.0 Å². The molecule has 1 amide bonds. The van der Waals surface area contributed by atoms with Gasteiger partial charge in [0, 0.05) is 26.2 Å². The monoisotopic (exact) mass is 236 g/mol. The van der Waals surface area contributed by atoms with Crippen molar-refractivity contribution >= 4 is 18.5 Å². The summed E-state index contributed by atoms with van der Waals surface area (Å²) < 4.78 is 5.28. The minimum atomic E-state index is -0.388. The van der Waals surface area contributed by atoms with E-state index in [1.807, 2.05) is 20.8 Å². The summed E-state index contributed by atoms with van der Waals surface area (Å²) in [4.78, 5) is 15.6. The number of ether oxygens (including phenoxy) is 1. The minimum Gasteiger partial charge on any atom is -0.444 e. The molecule has 1 aliphatic rings. The molecule has 0 atom stereocenters. The third kappa shape index (κ3) is 5.23. The summed E-state index contributed by atoms with van der Waals surface area (Å²) in [6, 6.07) is 0. The lowest BCUT2D eigenvalue weighted by atomic mass is 10.2. The van der Waals surface area contributed by atoms with Crippen molar-refractivity contribution in [1.82, 2.24) is 9.80 Å². The number of halogens is 1. The third-order valence-electron chi connectivity index (χ3n) is 2.15. The first-order valence-electron chi connectivity index (χ1n) is 5.05. The second-order valence-corrected chi connectivity index (χ2v) is 4.77. The predicted octanol–water partition coefficient (Wildman–Crippen LogP) is 1.59. The average molecular weight is 237 g/mol. The van der Waals surface area contributed by atoms with Gasteiger partial charge in [-0.05, 0) is 27.8 Å². The summed E-state index contributed by atoms with van der Waals surface area (Å²) in [5.41, 5.74) is -0.388. The molecule has 4 nitrogen and oxygen atoms in total. The van der Waals surface area contributed by atoms with Crippen molar-refractivity contribution in [2.75, 3.05) is 33.2 Å². The molecular formula is C10H21ClN2O2. The van der Waals surface area contributed by atoms with Crippen LogP contribution in [-0.2, 0) is 4.74 Å². The highest BCUT2D eigenvalue weighted by Gasteiger charge is 2.24. The summed E-state index contributed by atoms with van der Waals surface area (Å²) in [6.07, 6.45) is -0.189. The van der Waals surface area contributed by atoms with Crippen LogP contribution in [0.2, 0.25) is 0 Å². The maximum Gasteiger partial charge on any atom is 0.410 e. The van der Waals surface area contributed by atoms with Gasteiger partial charge in [0.1, 0.15) is 5.60 Å². The molecule has 1 aliphatic heterocycles. The quantitative estimate of drug-likeness (QED) is 0.641. The van der Waals surface area contributed by atoms with Gasteiger partial charge in [-0.25, -0.2) is 4.79 Å². The Morgan fingerprint density at radius 1 is 1.13 bits per heavy atom. The van der Waals surface area contributed by atoms with Crippen molar-refractivity contribution in [1.29, 1.82) is 0 Å². The summed E-state index contributed by atoms with van der Waals surface area (Å²) >= 11 is 0. The normalized spacial score (nSPS) is 18.3. The molecule has 15 heavy (non-hydrogen) atoms. The molecule has 0 aliphatic carbocycles. The molecule has 0 unspecified atom stereocenters. The van der Waals surface area contributed by atoms with E-state index in [-0.39, 0.29) is 24.1 Å². The molecule has 1 rings (SSSR count). The van der Waals surface area contributed by atoms with Crippen LogP contribution in [0.15, 0.2) is 0 Å². The van der Waals surface area contributed by atoms with Crippen LogP contribution in [0.5, 0.6) is 0 Å². The Kier molecular flexibility index (Phi) is 5.38. The number of hydrogen-bond acceptors (Lipinski definition) is 3. The lowest BCUT2D eigenvalue weighted by Gasteiger charge is -2.33. The Balaban J connectivity index is 0.00000196. The highest BCUT2D eigenvalue weighted by atomic mass is 35.5. The molecule has 0 N–H and O–H groups in total. The predicted molar refractivity (Wildman–Crippen MR) is 62.6 cm³/mol. The summed E-state index contributed by atoms with van der Waals surface area (Å²) in [5, 5.41) is 0. The van der Waals surface area contributed by atoms with Gasteiger partial charge in [0.15, 0.2) is 0 Å². The van der Waals surface area contributed by atoms with Crippen LogP contribution >= 0.6 is 12.4 Å². The molecule has 0 bridgehead atoms. The number of piperazine rings is 1. The average Bonchev–Trinajstić information content (AvgIpc) is 2.02. The van der Waals surface area contributed by atoms with Gasteiger partial charge in [0.2, 0.25) is 0 Å². The van der Waals surface area contributed by atoms with Crippen molar-refractivity contribution in [2.45, 2.75) is 26.4 Å². The van der Waals surface area contributed by atoms with Crippen molar-refractivity contribution in [3.8, 4) is 0 Å².